The van der Waals surface area contributed by atoms with Crippen LogP contribution in [0, 0.1) is 0 Å². The quantitative estimate of drug-likeness (QED) is 0.543. The average molecular weight is 396 g/mol. The largest absolute Gasteiger partial charge is 0.497 e. The number of rotatable bonds is 8. The predicted octanol–water partition coefficient (Wildman–Crippen LogP) is 3.23. The summed E-state index contributed by atoms with van der Waals surface area (Å²) in [6.45, 7) is 1.70. The molecule has 1 unspecified atom stereocenters. The molecule has 7 heteroatoms. The lowest BCUT2D eigenvalue weighted by molar-refractivity contribution is -0.139. The summed E-state index contributed by atoms with van der Waals surface area (Å²) in [5.41, 5.74) is 1.28. The van der Waals surface area contributed by atoms with Crippen molar-refractivity contribution in [2.75, 3.05) is 14.2 Å². The van der Waals surface area contributed by atoms with Gasteiger partial charge < -0.3 is 24.9 Å². The molecule has 3 aromatic rings. The lowest BCUT2D eigenvalue weighted by Gasteiger charge is -2.30. The third kappa shape index (κ3) is 4.51. The monoisotopic (exact) mass is 396 g/mol. The van der Waals surface area contributed by atoms with Gasteiger partial charge in [0, 0.05) is 17.1 Å². The third-order valence-electron chi connectivity index (χ3n) is 4.95. The van der Waals surface area contributed by atoms with Gasteiger partial charge in [0.05, 0.1) is 32.6 Å². The van der Waals surface area contributed by atoms with E-state index in [9.17, 15) is 14.7 Å². The van der Waals surface area contributed by atoms with Crippen LogP contribution in [0.1, 0.15) is 24.5 Å². The molecule has 3 N–H and O–H groups in total. The van der Waals surface area contributed by atoms with Gasteiger partial charge in [0.1, 0.15) is 11.5 Å². The van der Waals surface area contributed by atoms with E-state index in [0.717, 1.165) is 16.5 Å². The highest BCUT2D eigenvalue weighted by Crippen LogP contribution is 2.29. The number of H-pyrrole nitrogens is 1. The van der Waals surface area contributed by atoms with E-state index in [1.54, 1.807) is 44.5 Å². The molecule has 0 radical (unpaired) electrons. The molecule has 3 rings (SSSR count). The molecule has 0 spiro atoms. The molecule has 29 heavy (non-hydrogen) atoms. The molecule has 2 aromatic carbocycles. The van der Waals surface area contributed by atoms with Gasteiger partial charge in [0.25, 0.3) is 0 Å². The highest BCUT2D eigenvalue weighted by Gasteiger charge is 2.32. The molecule has 0 aliphatic rings. The molecule has 7 nitrogen and oxygen atoms in total. The number of fused-ring (bicyclic) bond motifs is 1. The van der Waals surface area contributed by atoms with Crippen molar-refractivity contribution in [1.82, 2.24) is 10.3 Å². The number of aromatic amines is 1. The molecular formula is C22H24N2O5. The number of carboxylic acid groups (broad SMARTS) is 1. The van der Waals surface area contributed by atoms with Crippen molar-refractivity contribution in [1.29, 1.82) is 0 Å². The van der Waals surface area contributed by atoms with Gasteiger partial charge in [-0.25, -0.2) is 0 Å². The molecule has 0 saturated carbocycles. The van der Waals surface area contributed by atoms with Gasteiger partial charge in [-0.15, -0.1) is 0 Å². The van der Waals surface area contributed by atoms with Gasteiger partial charge in [0.15, 0.2) is 0 Å². The van der Waals surface area contributed by atoms with Crippen molar-refractivity contribution in [2.24, 2.45) is 0 Å². The van der Waals surface area contributed by atoms with Gasteiger partial charge in [-0.2, -0.15) is 0 Å². The summed E-state index contributed by atoms with van der Waals surface area (Å²) in [6, 6.07) is 12.7. The minimum absolute atomic E-state index is 0.104. The Bertz CT molecular complexity index is 1040. The lowest BCUT2D eigenvalue weighted by atomic mass is 9.88. The Hall–Kier alpha value is -3.48. The summed E-state index contributed by atoms with van der Waals surface area (Å²) in [7, 11) is 3.13. The van der Waals surface area contributed by atoms with Crippen molar-refractivity contribution >= 4 is 22.8 Å². The summed E-state index contributed by atoms with van der Waals surface area (Å²) in [5, 5.41) is 13.2. The van der Waals surface area contributed by atoms with Crippen molar-refractivity contribution in [3.05, 3.63) is 59.8 Å². The van der Waals surface area contributed by atoms with Crippen LogP contribution in [0.25, 0.3) is 10.9 Å². The van der Waals surface area contributed by atoms with Gasteiger partial charge in [-0.3, -0.25) is 9.59 Å². The van der Waals surface area contributed by atoms with Crippen LogP contribution < -0.4 is 14.8 Å². The number of carbonyl (C=O) groups excluding carboxylic acids is 1. The van der Waals surface area contributed by atoms with Gasteiger partial charge >= 0.3 is 5.97 Å². The zero-order valence-electron chi connectivity index (χ0n) is 16.6. The fourth-order valence-electron chi connectivity index (χ4n) is 3.44. The van der Waals surface area contributed by atoms with Gasteiger partial charge in [-0.1, -0.05) is 12.1 Å². The van der Waals surface area contributed by atoms with E-state index in [1.165, 1.54) is 7.11 Å². The zero-order chi connectivity index (χ0) is 21.0. The summed E-state index contributed by atoms with van der Waals surface area (Å²) < 4.78 is 10.5. The van der Waals surface area contributed by atoms with Crippen LogP contribution in [0.15, 0.2) is 48.7 Å². The van der Waals surface area contributed by atoms with Crippen LogP contribution in [0.2, 0.25) is 0 Å². The first-order valence-electron chi connectivity index (χ1n) is 9.16. The Balaban J connectivity index is 1.86. The number of hydrogen-bond acceptors (Lipinski definition) is 4. The number of carbonyl (C=O) groups is 2. The van der Waals surface area contributed by atoms with Gasteiger partial charge in [-0.05, 0) is 48.4 Å². The number of amides is 1. The molecule has 1 atom stereocenters. The van der Waals surface area contributed by atoms with Crippen molar-refractivity contribution in [2.45, 2.75) is 25.3 Å². The standard InChI is InChI=1S/C22H24N2O5/c1-22(12-21(26)27,15-5-4-6-16(10-15)28-2)24-20(25)9-14-13-23-19-8-7-17(29-3)11-18(14)19/h4-8,10-11,13,23H,9,12H2,1-3H3,(H,24,25)(H,26,27). The first-order valence-corrected chi connectivity index (χ1v) is 9.16. The van der Waals surface area contributed by atoms with E-state index in [2.05, 4.69) is 10.3 Å². The minimum Gasteiger partial charge on any atom is -0.497 e. The van der Waals surface area contributed by atoms with E-state index in [4.69, 9.17) is 9.47 Å². The molecule has 1 heterocycles. The van der Waals surface area contributed by atoms with E-state index in [-0.39, 0.29) is 18.7 Å². The number of nitrogens with one attached hydrogen (secondary N) is 2. The number of carboxylic acids is 1. The molecule has 0 aliphatic heterocycles. The molecule has 0 bridgehead atoms. The van der Waals surface area contributed by atoms with Crippen LogP contribution in [0.5, 0.6) is 11.5 Å². The molecule has 1 amide bonds. The zero-order valence-corrected chi connectivity index (χ0v) is 16.6. The lowest BCUT2D eigenvalue weighted by Crippen LogP contribution is -2.45. The second kappa shape index (κ2) is 8.26. The van der Waals surface area contributed by atoms with Crippen LogP contribution in [0.3, 0.4) is 0 Å². The topological polar surface area (TPSA) is 101 Å². The highest BCUT2D eigenvalue weighted by molar-refractivity contribution is 5.90. The molecule has 1 aromatic heterocycles. The van der Waals surface area contributed by atoms with Crippen molar-refractivity contribution in [3.63, 3.8) is 0 Å². The first-order chi connectivity index (χ1) is 13.8. The summed E-state index contributed by atoms with van der Waals surface area (Å²) in [5.74, 6) is 0.00989. The predicted molar refractivity (Wildman–Crippen MR) is 109 cm³/mol. The number of hydrogen-bond donors (Lipinski definition) is 3. The van der Waals surface area contributed by atoms with E-state index in [1.807, 2.05) is 18.2 Å². The Labute approximate surface area is 168 Å². The number of methoxy groups -OCH3 is 2. The summed E-state index contributed by atoms with van der Waals surface area (Å²) in [6.07, 6.45) is 1.63. The summed E-state index contributed by atoms with van der Waals surface area (Å²) >= 11 is 0. The SMILES string of the molecule is COc1cccc(C(C)(CC(=O)O)NC(=O)Cc2c[nH]c3ccc(OC)cc23)c1. The fraction of sp³-hybridized carbons (Fsp3) is 0.273. The number of ether oxygens (including phenoxy) is 2. The second-order valence-corrected chi connectivity index (χ2v) is 7.08. The second-order valence-electron chi connectivity index (χ2n) is 7.08. The summed E-state index contributed by atoms with van der Waals surface area (Å²) in [4.78, 5) is 27.5. The Kier molecular flexibility index (Phi) is 5.77. The first kappa shape index (κ1) is 20.3. The van der Waals surface area contributed by atoms with Crippen LogP contribution >= 0.6 is 0 Å². The Morgan fingerprint density at radius 2 is 1.83 bits per heavy atom. The maximum atomic E-state index is 12.9. The molecule has 0 aliphatic carbocycles. The Morgan fingerprint density at radius 3 is 2.52 bits per heavy atom. The fourth-order valence-corrected chi connectivity index (χ4v) is 3.44. The Morgan fingerprint density at radius 1 is 1.10 bits per heavy atom. The van der Waals surface area contributed by atoms with E-state index < -0.39 is 11.5 Å². The molecule has 152 valence electrons. The smallest absolute Gasteiger partial charge is 0.306 e. The van der Waals surface area contributed by atoms with Crippen LogP contribution in [-0.4, -0.2) is 36.2 Å². The van der Waals surface area contributed by atoms with Crippen LogP contribution in [-0.2, 0) is 21.5 Å². The average Bonchev–Trinajstić information content (AvgIpc) is 3.09. The highest BCUT2D eigenvalue weighted by atomic mass is 16.5. The number of benzene rings is 2. The maximum Gasteiger partial charge on any atom is 0.306 e. The van der Waals surface area contributed by atoms with E-state index >= 15 is 0 Å². The third-order valence-corrected chi connectivity index (χ3v) is 4.95. The molecular weight excluding hydrogens is 372 g/mol. The maximum absolute atomic E-state index is 12.9. The number of aliphatic carboxylic acids is 1. The molecule has 0 saturated heterocycles. The van der Waals surface area contributed by atoms with Crippen molar-refractivity contribution in [3.8, 4) is 11.5 Å². The van der Waals surface area contributed by atoms with Crippen LogP contribution in [0.4, 0.5) is 0 Å². The van der Waals surface area contributed by atoms with Crippen molar-refractivity contribution < 1.29 is 24.2 Å². The minimum atomic E-state index is -1.08. The van der Waals surface area contributed by atoms with Gasteiger partial charge in [0.2, 0.25) is 5.91 Å². The number of aromatic nitrogens is 1. The normalized spacial score (nSPS) is 12.9. The molecule has 0 fully saturated rings. The van der Waals surface area contributed by atoms with E-state index in [0.29, 0.717) is 17.1 Å².